The van der Waals surface area contributed by atoms with E-state index in [0.29, 0.717) is 30.8 Å². The Bertz CT molecular complexity index is 873. The van der Waals surface area contributed by atoms with Gasteiger partial charge in [-0.25, -0.2) is 0 Å². The molecule has 0 aromatic heterocycles. The summed E-state index contributed by atoms with van der Waals surface area (Å²) < 4.78 is 5.91. The summed E-state index contributed by atoms with van der Waals surface area (Å²) in [5.41, 5.74) is 3.04. The molecule has 0 heterocycles. The van der Waals surface area contributed by atoms with Crippen molar-refractivity contribution in [2.24, 2.45) is 5.41 Å². The zero-order chi connectivity index (χ0) is 22.9. The van der Waals surface area contributed by atoms with E-state index in [2.05, 4.69) is 29.7 Å². The van der Waals surface area contributed by atoms with Gasteiger partial charge in [0.1, 0.15) is 5.75 Å². The first-order chi connectivity index (χ1) is 14.7. The van der Waals surface area contributed by atoms with E-state index in [1.54, 1.807) is 24.3 Å². The highest BCUT2D eigenvalue weighted by molar-refractivity contribution is 5.97. The predicted molar refractivity (Wildman–Crippen MR) is 127 cm³/mol. The lowest BCUT2D eigenvalue weighted by Gasteiger charge is -2.23. The van der Waals surface area contributed by atoms with Crippen LogP contribution in [0.5, 0.6) is 5.75 Å². The fourth-order valence-corrected chi connectivity index (χ4v) is 3.16. The van der Waals surface area contributed by atoms with Crippen molar-refractivity contribution in [2.75, 3.05) is 18.5 Å². The number of aryl methyl sites for hydroxylation is 2. The SMILES string of the molecule is CCCCNC(=O)c1ccc(NC(=O)C(C)(C)CCCOc2cc(C)ccc2C)cc1. The lowest BCUT2D eigenvalue weighted by atomic mass is 9.87. The number of ether oxygens (including phenoxy) is 1. The molecular formula is C26H36N2O3. The minimum absolute atomic E-state index is 0.0422. The summed E-state index contributed by atoms with van der Waals surface area (Å²) in [5, 5.41) is 5.86. The quantitative estimate of drug-likeness (QED) is 0.458. The molecule has 2 rings (SSSR count). The molecule has 0 aliphatic carbocycles. The predicted octanol–water partition coefficient (Wildman–Crippen LogP) is 5.66. The Morgan fingerprint density at radius 3 is 2.39 bits per heavy atom. The smallest absolute Gasteiger partial charge is 0.251 e. The molecule has 2 N–H and O–H groups in total. The highest BCUT2D eigenvalue weighted by atomic mass is 16.5. The maximum Gasteiger partial charge on any atom is 0.251 e. The number of carbonyl (C=O) groups is 2. The van der Waals surface area contributed by atoms with Gasteiger partial charge in [-0.2, -0.15) is 0 Å². The van der Waals surface area contributed by atoms with E-state index >= 15 is 0 Å². The molecule has 0 saturated heterocycles. The van der Waals surface area contributed by atoms with Crippen molar-refractivity contribution in [2.45, 2.75) is 60.3 Å². The monoisotopic (exact) mass is 424 g/mol. The molecule has 2 amide bonds. The molecule has 0 radical (unpaired) electrons. The maximum atomic E-state index is 12.8. The summed E-state index contributed by atoms with van der Waals surface area (Å²) in [7, 11) is 0. The van der Waals surface area contributed by atoms with Crippen molar-refractivity contribution < 1.29 is 14.3 Å². The second kappa shape index (κ2) is 11.5. The van der Waals surface area contributed by atoms with Gasteiger partial charge in [0.15, 0.2) is 0 Å². The molecule has 5 nitrogen and oxygen atoms in total. The van der Waals surface area contributed by atoms with Gasteiger partial charge in [0.05, 0.1) is 6.61 Å². The lowest BCUT2D eigenvalue weighted by molar-refractivity contribution is -0.124. The molecule has 2 aromatic carbocycles. The van der Waals surface area contributed by atoms with Gasteiger partial charge in [0.25, 0.3) is 5.91 Å². The molecule has 0 spiro atoms. The summed E-state index contributed by atoms with van der Waals surface area (Å²) in [6, 6.07) is 13.2. The van der Waals surface area contributed by atoms with E-state index in [4.69, 9.17) is 4.74 Å². The largest absolute Gasteiger partial charge is 0.493 e. The second-order valence-corrected chi connectivity index (χ2v) is 8.75. The highest BCUT2D eigenvalue weighted by Crippen LogP contribution is 2.26. The number of hydrogen-bond donors (Lipinski definition) is 2. The minimum atomic E-state index is -0.527. The van der Waals surface area contributed by atoms with Crippen molar-refractivity contribution in [1.82, 2.24) is 5.32 Å². The normalized spacial score (nSPS) is 11.1. The molecular weight excluding hydrogens is 388 g/mol. The van der Waals surface area contributed by atoms with Crippen LogP contribution in [0.3, 0.4) is 0 Å². The van der Waals surface area contributed by atoms with E-state index in [9.17, 15) is 9.59 Å². The number of hydrogen-bond acceptors (Lipinski definition) is 3. The summed E-state index contributed by atoms with van der Waals surface area (Å²) in [6.07, 6.45) is 3.50. The van der Waals surface area contributed by atoms with Crippen LogP contribution in [0.1, 0.15) is 67.9 Å². The molecule has 0 unspecified atom stereocenters. The zero-order valence-corrected chi connectivity index (χ0v) is 19.5. The average Bonchev–Trinajstić information content (AvgIpc) is 2.74. The van der Waals surface area contributed by atoms with Gasteiger partial charge >= 0.3 is 0 Å². The van der Waals surface area contributed by atoms with Gasteiger partial charge < -0.3 is 15.4 Å². The molecule has 5 heteroatoms. The van der Waals surface area contributed by atoms with Crippen molar-refractivity contribution in [3.05, 3.63) is 59.2 Å². The Labute approximate surface area is 186 Å². The molecule has 0 aliphatic heterocycles. The Kier molecular flexibility index (Phi) is 9.10. The van der Waals surface area contributed by atoms with Crippen LogP contribution in [0.4, 0.5) is 5.69 Å². The number of rotatable bonds is 11. The third kappa shape index (κ3) is 7.74. The molecule has 0 fully saturated rings. The number of benzene rings is 2. The van der Waals surface area contributed by atoms with Crippen LogP contribution in [0.25, 0.3) is 0 Å². The van der Waals surface area contributed by atoms with Crippen molar-refractivity contribution in [1.29, 1.82) is 0 Å². The average molecular weight is 425 g/mol. The zero-order valence-electron chi connectivity index (χ0n) is 19.5. The number of anilines is 1. The lowest BCUT2D eigenvalue weighted by Crippen LogP contribution is -2.31. The third-order valence-electron chi connectivity index (χ3n) is 5.38. The Balaban J connectivity index is 1.81. The molecule has 0 aliphatic rings. The molecule has 31 heavy (non-hydrogen) atoms. The van der Waals surface area contributed by atoms with Crippen LogP contribution in [-0.4, -0.2) is 25.0 Å². The summed E-state index contributed by atoms with van der Waals surface area (Å²) in [5.74, 6) is 0.774. The first-order valence-electron chi connectivity index (χ1n) is 11.1. The maximum absolute atomic E-state index is 12.8. The highest BCUT2D eigenvalue weighted by Gasteiger charge is 2.27. The van der Waals surface area contributed by atoms with E-state index in [1.165, 1.54) is 5.56 Å². The van der Waals surface area contributed by atoms with E-state index in [-0.39, 0.29) is 11.8 Å². The minimum Gasteiger partial charge on any atom is -0.493 e. The van der Waals surface area contributed by atoms with Crippen molar-refractivity contribution in [3.63, 3.8) is 0 Å². The summed E-state index contributed by atoms with van der Waals surface area (Å²) in [4.78, 5) is 24.8. The van der Waals surface area contributed by atoms with Gasteiger partial charge in [-0.15, -0.1) is 0 Å². The molecule has 168 valence electrons. The van der Waals surface area contributed by atoms with E-state index in [0.717, 1.165) is 30.6 Å². The van der Waals surface area contributed by atoms with Crippen molar-refractivity contribution >= 4 is 17.5 Å². The van der Waals surface area contributed by atoms with E-state index < -0.39 is 5.41 Å². The van der Waals surface area contributed by atoms with Gasteiger partial charge in [0, 0.05) is 23.2 Å². The first kappa shape index (κ1) is 24.4. The fourth-order valence-electron chi connectivity index (χ4n) is 3.16. The summed E-state index contributed by atoms with van der Waals surface area (Å²) >= 11 is 0. The van der Waals surface area contributed by atoms with Crippen molar-refractivity contribution in [3.8, 4) is 5.75 Å². The number of carbonyl (C=O) groups excluding carboxylic acids is 2. The molecule has 2 aromatic rings. The van der Waals surface area contributed by atoms with Gasteiger partial charge in [-0.1, -0.05) is 39.3 Å². The van der Waals surface area contributed by atoms with Crippen LogP contribution in [0, 0.1) is 19.3 Å². The Morgan fingerprint density at radius 1 is 1.00 bits per heavy atom. The van der Waals surface area contributed by atoms with Crippen LogP contribution < -0.4 is 15.4 Å². The topological polar surface area (TPSA) is 67.4 Å². The summed E-state index contributed by atoms with van der Waals surface area (Å²) in [6.45, 7) is 11.3. The fraction of sp³-hybridized carbons (Fsp3) is 0.462. The van der Waals surface area contributed by atoms with Gasteiger partial charge in [-0.3, -0.25) is 9.59 Å². The number of unbranched alkanes of at least 4 members (excludes halogenated alkanes) is 1. The van der Waals surface area contributed by atoms with Crippen LogP contribution in [-0.2, 0) is 4.79 Å². The first-order valence-corrected chi connectivity index (χ1v) is 11.1. The Morgan fingerprint density at radius 2 is 1.71 bits per heavy atom. The van der Waals surface area contributed by atoms with Crippen LogP contribution >= 0.6 is 0 Å². The standard InChI is InChI=1S/C26H36N2O3/c1-6-7-16-27-24(29)21-11-13-22(14-12-21)28-25(30)26(4,5)15-8-17-31-23-18-19(2)9-10-20(23)3/h9-14,18H,6-8,15-17H2,1-5H3,(H,27,29)(H,28,30). The number of nitrogens with one attached hydrogen (secondary N) is 2. The Hall–Kier alpha value is -2.82. The molecule has 0 bridgehead atoms. The van der Waals surface area contributed by atoms with Crippen LogP contribution in [0.2, 0.25) is 0 Å². The number of amides is 2. The molecule has 0 atom stereocenters. The van der Waals surface area contributed by atoms with Crippen LogP contribution in [0.15, 0.2) is 42.5 Å². The second-order valence-electron chi connectivity index (χ2n) is 8.75. The van der Waals surface area contributed by atoms with E-state index in [1.807, 2.05) is 33.8 Å². The molecule has 0 saturated carbocycles. The third-order valence-corrected chi connectivity index (χ3v) is 5.38. The van der Waals surface area contributed by atoms with Gasteiger partial charge in [-0.05, 0) is 74.6 Å². The van der Waals surface area contributed by atoms with Gasteiger partial charge in [0.2, 0.25) is 5.91 Å².